The van der Waals surface area contributed by atoms with Gasteiger partial charge in [-0.2, -0.15) is 0 Å². The number of aromatic nitrogens is 1. The average molecular weight is 267 g/mol. The second-order valence-corrected chi connectivity index (χ2v) is 4.03. The van der Waals surface area contributed by atoms with Crippen LogP contribution in [0.4, 0.5) is 5.69 Å². The van der Waals surface area contributed by atoms with Gasteiger partial charge in [-0.15, -0.1) is 0 Å². The van der Waals surface area contributed by atoms with Gasteiger partial charge in [-0.3, -0.25) is 4.79 Å². The van der Waals surface area contributed by atoms with E-state index in [9.17, 15) is 4.79 Å². The number of amides is 1. The van der Waals surface area contributed by atoms with E-state index in [2.05, 4.69) is 10.5 Å². The van der Waals surface area contributed by atoms with Crippen molar-refractivity contribution in [1.29, 1.82) is 0 Å². The lowest BCUT2D eigenvalue weighted by Crippen LogP contribution is -2.12. The van der Waals surface area contributed by atoms with Crippen molar-refractivity contribution in [3.63, 3.8) is 0 Å². The number of carbonyl (C=O) groups is 1. The molecule has 0 bridgehead atoms. The van der Waals surface area contributed by atoms with Crippen LogP contribution in [0.2, 0.25) is 5.02 Å². The van der Waals surface area contributed by atoms with Crippen LogP contribution in [0.25, 0.3) is 0 Å². The summed E-state index contributed by atoms with van der Waals surface area (Å²) in [7, 11) is 1.53. The van der Waals surface area contributed by atoms with E-state index < -0.39 is 0 Å². The summed E-state index contributed by atoms with van der Waals surface area (Å²) >= 11 is 5.95. The number of hydrogen-bond acceptors (Lipinski definition) is 4. The monoisotopic (exact) mass is 266 g/mol. The number of nitrogens with one attached hydrogen (secondary N) is 1. The third-order valence-electron chi connectivity index (χ3n) is 2.27. The molecule has 0 saturated heterocycles. The SMILES string of the molecule is COc1ccc(NC(=O)c2cc(C)on2)cc1Cl. The minimum absolute atomic E-state index is 0.222. The predicted molar refractivity (Wildman–Crippen MR) is 67.2 cm³/mol. The smallest absolute Gasteiger partial charge is 0.277 e. The zero-order valence-electron chi connectivity index (χ0n) is 9.86. The molecule has 6 heteroatoms. The molecular weight excluding hydrogens is 256 g/mol. The normalized spacial score (nSPS) is 10.2. The maximum atomic E-state index is 11.8. The van der Waals surface area contributed by atoms with Gasteiger partial charge in [0, 0.05) is 11.8 Å². The number of hydrogen-bond donors (Lipinski definition) is 1. The highest BCUT2D eigenvalue weighted by molar-refractivity contribution is 6.32. The van der Waals surface area contributed by atoms with Gasteiger partial charge in [0.1, 0.15) is 11.5 Å². The molecule has 1 aromatic heterocycles. The van der Waals surface area contributed by atoms with Crippen molar-refractivity contribution in [2.75, 3.05) is 12.4 Å². The van der Waals surface area contributed by atoms with Crippen LogP contribution in [0.1, 0.15) is 16.2 Å². The maximum Gasteiger partial charge on any atom is 0.277 e. The molecule has 1 aromatic carbocycles. The van der Waals surface area contributed by atoms with Gasteiger partial charge >= 0.3 is 0 Å². The standard InChI is InChI=1S/C12H11ClN2O3/c1-7-5-10(15-18-7)12(16)14-8-3-4-11(17-2)9(13)6-8/h3-6H,1-2H3,(H,14,16). The lowest BCUT2D eigenvalue weighted by molar-refractivity contribution is 0.101. The molecule has 2 aromatic rings. The number of rotatable bonds is 3. The van der Waals surface area contributed by atoms with Crippen LogP contribution in [0, 0.1) is 6.92 Å². The quantitative estimate of drug-likeness (QED) is 0.928. The van der Waals surface area contributed by atoms with E-state index in [0.717, 1.165) is 0 Å². The Morgan fingerprint density at radius 1 is 1.44 bits per heavy atom. The van der Waals surface area contributed by atoms with E-state index in [-0.39, 0.29) is 11.6 Å². The molecule has 0 radical (unpaired) electrons. The third-order valence-corrected chi connectivity index (χ3v) is 2.57. The number of carbonyl (C=O) groups excluding carboxylic acids is 1. The highest BCUT2D eigenvalue weighted by Gasteiger charge is 2.11. The van der Waals surface area contributed by atoms with Crippen molar-refractivity contribution in [3.8, 4) is 5.75 Å². The number of ether oxygens (including phenoxy) is 1. The van der Waals surface area contributed by atoms with Gasteiger partial charge in [0.25, 0.3) is 5.91 Å². The van der Waals surface area contributed by atoms with Crippen LogP contribution < -0.4 is 10.1 Å². The van der Waals surface area contributed by atoms with Gasteiger partial charge in [-0.25, -0.2) is 0 Å². The van der Waals surface area contributed by atoms with Crippen molar-refractivity contribution >= 4 is 23.2 Å². The molecular formula is C12H11ClN2O3. The van der Waals surface area contributed by atoms with Gasteiger partial charge < -0.3 is 14.6 Å². The summed E-state index contributed by atoms with van der Waals surface area (Å²) in [5.41, 5.74) is 0.783. The zero-order valence-corrected chi connectivity index (χ0v) is 10.6. The van der Waals surface area contributed by atoms with E-state index in [0.29, 0.717) is 22.2 Å². The summed E-state index contributed by atoms with van der Waals surface area (Å²) in [5, 5.41) is 6.71. The fourth-order valence-corrected chi connectivity index (χ4v) is 1.67. The molecule has 1 N–H and O–H groups in total. The third kappa shape index (κ3) is 2.62. The molecule has 0 saturated carbocycles. The maximum absolute atomic E-state index is 11.8. The minimum atomic E-state index is -0.354. The zero-order chi connectivity index (χ0) is 13.1. The molecule has 0 fully saturated rings. The fraction of sp³-hybridized carbons (Fsp3) is 0.167. The van der Waals surface area contributed by atoms with Gasteiger partial charge in [-0.1, -0.05) is 16.8 Å². The lowest BCUT2D eigenvalue weighted by Gasteiger charge is -2.06. The predicted octanol–water partition coefficient (Wildman–Crippen LogP) is 2.90. The molecule has 0 aliphatic heterocycles. The Hall–Kier alpha value is -2.01. The summed E-state index contributed by atoms with van der Waals surface area (Å²) in [6.45, 7) is 1.72. The highest BCUT2D eigenvalue weighted by atomic mass is 35.5. The van der Waals surface area contributed by atoms with Gasteiger partial charge in [0.2, 0.25) is 0 Å². The van der Waals surface area contributed by atoms with Crippen LogP contribution in [0.15, 0.2) is 28.8 Å². The minimum Gasteiger partial charge on any atom is -0.495 e. The average Bonchev–Trinajstić information content (AvgIpc) is 2.76. The van der Waals surface area contributed by atoms with Crippen LogP contribution in [0.3, 0.4) is 0 Å². The van der Waals surface area contributed by atoms with E-state index >= 15 is 0 Å². The Bertz CT molecular complexity index is 580. The summed E-state index contributed by atoms with van der Waals surface area (Å²) in [4.78, 5) is 11.8. The highest BCUT2D eigenvalue weighted by Crippen LogP contribution is 2.27. The Kier molecular flexibility index (Phi) is 3.53. The van der Waals surface area contributed by atoms with Crippen molar-refractivity contribution in [2.45, 2.75) is 6.92 Å². The second-order valence-electron chi connectivity index (χ2n) is 3.63. The van der Waals surface area contributed by atoms with Crippen molar-refractivity contribution < 1.29 is 14.1 Å². The molecule has 1 amide bonds. The molecule has 18 heavy (non-hydrogen) atoms. The number of aryl methyl sites for hydroxylation is 1. The Labute approximate surface area is 109 Å². The molecule has 0 atom stereocenters. The number of methoxy groups -OCH3 is 1. The van der Waals surface area contributed by atoms with Gasteiger partial charge in [0.15, 0.2) is 5.69 Å². The molecule has 0 spiro atoms. The van der Waals surface area contributed by atoms with Crippen LogP contribution in [-0.4, -0.2) is 18.2 Å². The van der Waals surface area contributed by atoms with E-state index in [4.69, 9.17) is 20.9 Å². The summed E-state index contributed by atoms with van der Waals surface area (Å²) < 4.78 is 9.85. The number of nitrogens with zero attached hydrogens (tertiary/aromatic N) is 1. The first-order valence-corrected chi connectivity index (χ1v) is 5.56. The fourth-order valence-electron chi connectivity index (χ4n) is 1.41. The molecule has 5 nitrogen and oxygen atoms in total. The van der Waals surface area contributed by atoms with Crippen LogP contribution in [0.5, 0.6) is 5.75 Å². The molecule has 94 valence electrons. The molecule has 0 aliphatic rings. The largest absolute Gasteiger partial charge is 0.495 e. The Balaban J connectivity index is 2.14. The van der Waals surface area contributed by atoms with E-state index in [1.807, 2.05) is 0 Å². The Morgan fingerprint density at radius 2 is 2.22 bits per heavy atom. The lowest BCUT2D eigenvalue weighted by atomic mass is 10.3. The van der Waals surface area contributed by atoms with Gasteiger partial charge in [-0.05, 0) is 25.1 Å². The van der Waals surface area contributed by atoms with E-state index in [1.165, 1.54) is 7.11 Å². The summed E-state index contributed by atoms with van der Waals surface area (Å²) in [6.07, 6.45) is 0. The number of benzene rings is 1. The molecule has 2 rings (SSSR count). The second kappa shape index (κ2) is 5.10. The van der Waals surface area contributed by atoms with Crippen LogP contribution in [-0.2, 0) is 0 Å². The molecule has 1 heterocycles. The number of anilines is 1. The van der Waals surface area contributed by atoms with Crippen molar-refractivity contribution in [3.05, 3.63) is 40.7 Å². The first kappa shape index (κ1) is 12.4. The number of halogens is 1. The van der Waals surface area contributed by atoms with Gasteiger partial charge in [0.05, 0.1) is 12.1 Å². The molecule has 0 aliphatic carbocycles. The van der Waals surface area contributed by atoms with Crippen molar-refractivity contribution in [2.24, 2.45) is 0 Å². The first-order chi connectivity index (χ1) is 8.60. The summed E-state index contributed by atoms with van der Waals surface area (Å²) in [5.74, 6) is 0.771. The van der Waals surface area contributed by atoms with Crippen LogP contribution >= 0.6 is 11.6 Å². The van der Waals surface area contributed by atoms with E-state index in [1.54, 1.807) is 31.2 Å². The summed E-state index contributed by atoms with van der Waals surface area (Å²) in [6, 6.07) is 6.52. The molecule has 0 unspecified atom stereocenters. The Morgan fingerprint density at radius 3 is 2.78 bits per heavy atom. The topological polar surface area (TPSA) is 64.4 Å². The van der Waals surface area contributed by atoms with Crippen molar-refractivity contribution in [1.82, 2.24) is 5.16 Å². The first-order valence-electron chi connectivity index (χ1n) is 5.18.